The van der Waals surface area contributed by atoms with Crippen molar-refractivity contribution in [2.75, 3.05) is 33.2 Å². The highest BCUT2D eigenvalue weighted by atomic mass is 16.2. The predicted octanol–water partition coefficient (Wildman–Crippen LogP) is 0.0652. The van der Waals surface area contributed by atoms with Gasteiger partial charge in [-0.05, 0) is 51.6 Å². The summed E-state index contributed by atoms with van der Waals surface area (Å²) in [4.78, 5) is 28.6. The van der Waals surface area contributed by atoms with Crippen LogP contribution in [-0.4, -0.2) is 60.4 Å². The molecule has 0 aromatic rings. The minimum Gasteiger partial charge on any atom is -0.340 e. The summed E-state index contributed by atoms with van der Waals surface area (Å²) < 4.78 is 0. The van der Waals surface area contributed by atoms with Crippen molar-refractivity contribution < 1.29 is 9.59 Å². The summed E-state index contributed by atoms with van der Waals surface area (Å²) in [6, 6.07) is 0. The molecule has 3 aliphatic rings. The molecule has 2 atom stereocenters. The second kappa shape index (κ2) is 4.47. The Balaban J connectivity index is 1.70. The van der Waals surface area contributed by atoms with Crippen molar-refractivity contribution >= 4 is 11.8 Å². The van der Waals surface area contributed by atoms with Gasteiger partial charge in [0.25, 0.3) is 0 Å². The Morgan fingerprint density at radius 1 is 1.32 bits per heavy atom. The molecule has 0 radical (unpaired) electrons. The second-order valence-electron chi connectivity index (χ2n) is 6.63. The zero-order chi connectivity index (χ0) is 13.6. The summed E-state index contributed by atoms with van der Waals surface area (Å²) in [5, 5.41) is 2.93. The van der Waals surface area contributed by atoms with Crippen molar-refractivity contribution in [2.45, 2.75) is 31.7 Å². The molecule has 2 saturated heterocycles. The Morgan fingerprint density at radius 3 is 2.63 bits per heavy atom. The third kappa shape index (κ3) is 2.36. The van der Waals surface area contributed by atoms with E-state index in [0.717, 1.165) is 38.9 Å². The quantitative estimate of drug-likeness (QED) is 0.785. The van der Waals surface area contributed by atoms with Crippen LogP contribution in [0.15, 0.2) is 0 Å². The summed E-state index contributed by atoms with van der Waals surface area (Å²) in [5.41, 5.74) is -0.639. The maximum atomic E-state index is 12.6. The predicted molar refractivity (Wildman–Crippen MR) is 71.5 cm³/mol. The van der Waals surface area contributed by atoms with Crippen LogP contribution in [0.3, 0.4) is 0 Å². The van der Waals surface area contributed by atoms with Crippen LogP contribution in [0.2, 0.25) is 0 Å². The topological polar surface area (TPSA) is 52.6 Å². The van der Waals surface area contributed by atoms with Crippen molar-refractivity contribution in [3.8, 4) is 0 Å². The highest BCUT2D eigenvalue weighted by Crippen LogP contribution is 2.41. The zero-order valence-corrected chi connectivity index (χ0v) is 11.8. The fourth-order valence-electron chi connectivity index (χ4n) is 3.53. The normalized spacial score (nSPS) is 36.7. The van der Waals surface area contributed by atoms with Crippen molar-refractivity contribution in [1.82, 2.24) is 15.1 Å². The first-order valence-electron chi connectivity index (χ1n) is 7.28. The summed E-state index contributed by atoms with van der Waals surface area (Å²) in [7, 11) is 2.11. The molecule has 1 saturated carbocycles. The number of likely N-dealkylation sites (tertiary alicyclic amines) is 1. The lowest BCUT2D eigenvalue weighted by atomic mass is 9.91. The van der Waals surface area contributed by atoms with Crippen LogP contribution >= 0.6 is 0 Å². The molecule has 0 aromatic carbocycles. The fourth-order valence-corrected chi connectivity index (χ4v) is 3.53. The minimum absolute atomic E-state index is 0.000325. The van der Waals surface area contributed by atoms with Gasteiger partial charge < -0.3 is 15.1 Å². The summed E-state index contributed by atoms with van der Waals surface area (Å²) in [5.74, 6) is 0.991. The maximum Gasteiger partial charge on any atom is 0.248 e. The van der Waals surface area contributed by atoms with Gasteiger partial charge >= 0.3 is 0 Å². The standard InChI is InChI=1S/C14H23N3O2/c1-14(11-3-4-11)13(19)17(9-12(18)15-14)8-10-5-6-16(2)7-10/h10-11H,3-9H2,1-2H3,(H,15,18). The molecule has 19 heavy (non-hydrogen) atoms. The molecule has 2 amide bonds. The Kier molecular flexibility index (Phi) is 3.04. The molecule has 0 spiro atoms. The summed E-state index contributed by atoms with van der Waals surface area (Å²) in [6.07, 6.45) is 3.24. The first-order chi connectivity index (χ1) is 8.99. The van der Waals surface area contributed by atoms with E-state index in [0.29, 0.717) is 11.8 Å². The fraction of sp³-hybridized carbons (Fsp3) is 0.857. The summed E-state index contributed by atoms with van der Waals surface area (Å²) in [6.45, 7) is 5.00. The molecule has 106 valence electrons. The largest absolute Gasteiger partial charge is 0.340 e. The van der Waals surface area contributed by atoms with E-state index in [1.54, 1.807) is 4.90 Å². The third-order valence-corrected chi connectivity index (χ3v) is 4.83. The first-order valence-corrected chi connectivity index (χ1v) is 7.28. The van der Waals surface area contributed by atoms with Crippen LogP contribution in [-0.2, 0) is 9.59 Å². The number of piperazine rings is 1. The van der Waals surface area contributed by atoms with Gasteiger partial charge in [-0.25, -0.2) is 0 Å². The van der Waals surface area contributed by atoms with Gasteiger partial charge in [-0.15, -0.1) is 0 Å². The number of nitrogens with one attached hydrogen (secondary N) is 1. The van der Waals surface area contributed by atoms with Crippen molar-refractivity contribution in [3.05, 3.63) is 0 Å². The van der Waals surface area contributed by atoms with Crippen molar-refractivity contribution in [2.24, 2.45) is 11.8 Å². The van der Waals surface area contributed by atoms with Gasteiger partial charge in [0.15, 0.2) is 0 Å². The van der Waals surface area contributed by atoms with Crippen molar-refractivity contribution in [1.29, 1.82) is 0 Å². The van der Waals surface area contributed by atoms with Gasteiger partial charge in [0, 0.05) is 13.1 Å². The van der Waals surface area contributed by atoms with Crippen LogP contribution < -0.4 is 5.32 Å². The average Bonchev–Trinajstić information content (AvgIpc) is 3.11. The maximum absolute atomic E-state index is 12.6. The molecule has 5 nitrogen and oxygen atoms in total. The molecular formula is C14H23N3O2. The number of nitrogens with zero attached hydrogens (tertiary/aromatic N) is 2. The Bertz CT molecular complexity index is 407. The van der Waals surface area contributed by atoms with Gasteiger partial charge in [-0.3, -0.25) is 9.59 Å². The molecule has 0 aromatic heterocycles. The molecule has 1 N–H and O–H groups in total. The smallest absolute Gasteiger partial charge is 0.248 e. The monoisotopic (exact) mass is 265 g/mol. The molecule has 2 heterocycles. The van der Waals surface area contributed by atoms with E-state index in [2.05, 4.69) is 17.3 Å². The number of rotatable bonds is 3. The summed E-state index contributed by atoms with van der Waals surface area (Å²) >= 11 is 0. The average molecular weight is 265 g/mol. The van der Waals surface area contributed by atoms with E-state index >= 15 is 0 Å². The van der Waals surface area contributed by atoms with Gasteiger partial charge in [-0.1, -0.05) is 0 Å². The SMILES string of the molecule is CN1CCC(CN2CC(=O)NC(C)(C3CC3)C2=O)C1. The third-order valence-electron chi connectivity index (χ3n) is 4.83. The number of hydrogen-bond donors (Lipinski definition) is 1. The van der Waals surface area contributed by atoms with E-state index < -0.39 is 5.54 Å². The van der Waals surface area contributed by atoms with E-state index in [1.165, 1.54) is 0 Å². The number of amides is 2. The second-order valence-corrected chi connectivity index (χ2v) is 6.63. The molecule has 0 bridgehead atoms. The van der Waals surface area contributed by atoms with Crippen LogP contribution in [0.25, 0.3) is 0 Å². The van der Waals surface area contributed by atoms with Gasteiger partial charge in [-0.2, -0.15) is 0 Å². The van der Waals surface area contributed by atoms with Crippen LogP contribution in [0.5, 0.6) is 0 Å². The van der Waals surface area contributed by atoms with E-state index in [4.69, 9.17) is 0 Å². The van der Waals surface area contributed by atoms with E-state index in [1.807, 2.05) is 6.92 Å². The highest BCUT2D eigenvalue weighted by Gasteiger charge is 2.52. The lowest BCUT2D eigenvalue weighted by Gasteiger charge is -2.41. The van der Waals surface area contributed by atoms with Gasteiger partial charge in [0.05, 0.1) is 6.54 Å². The highest BCUT2D eigenvalue weighted by molar-refractivity contribution is 5.98. The molecule has 2 aliphatic heterocycles. The zero-order valence-electron chi connectivity index (χ0n) is 11.8. The molecule has 3 rings (SSSR count). The first kappa shape index (κ1) is 12.9. The van der Waals surface area contributed by atoms with Crippen LogP contribution in [0.1, 0.15) is 26.2 Å². The van der Waals surface area contributed by atoms with E-state index in [9.17, 15) is 9.59 Å². The molecule has 1 aliphatic carbocycles. The van der Waals surface area contributed by atoms with Crippen LogP contribution in [0, 0.1) is 11.8 Å². The Labute approximate surface area is 114 Å². The minimum atomic E-state index is -0.639. The van der Waals surface area contributed by atoms with Crippen molar-refractivity contribution in [3.63, 3.8) is 0 Å². The number of carbonyl (C=O) groups excluding carboxylic acids is 2. The Hall–Kier alpha value is -1.10. The molecular weight excluding hydrogens is 242 g/mol. The lowest BCUT2D eigenvalue weighted by molar-refractivity contribution is -0.150. The Morgan fingerprint density at radius 2 is 2.05 bits per heavy atom. The molecule has 2 unspecified atom stereocenters. The number of hydrogen-bond acceptors (Lipinski definition) is 3. The van der Waals surface area contributed by atoms with Gasteiger partial charge in [0.1, 0.15) is 5.54 Å². The molecule has 3 fully saturated rings. The van der Waals surface area contributed by atoms with Gasteiger partial charge in [0.2, 0.25) is 11.8 Å². The van der Waals surface area contributed by atoms with E-state index in [-0.39, 0.29) is 18.4 Å². The molecule has 5 heteroatoms. The van der Waals surface area contributed by atoms with Crippen LogP contribution in [0.4, 0.5) is 0 Å². The number of carbonyl (C=O) groups is 2. The lowest BCUT2D eigenvalue weighted by Crippen LogP contribution is -2.66.